The number of nitriles is 1. The summed E-state index contributed by atoms with van der Waals surface area (Å²) in [6.45, 7) is 12.0. The maximum atomic E-state index is 9.31. The minimum atomic E-state index is -0.364. The number of ether oxygens (including phenoxy) is 1. The van der Waals surface area contributed by atoms with Crippen molar-refractivity contribution in [1.82, 2.24) is 5.32 Å². The van der Waals surface area contributed by atoms with Crippen LogP contribution < -0.4 is 5.32 Å². The molecule has 0 saturated carbocycles. The van der Waals surface area contributed by atoms with Crippen LogP contribution in [0, 0.1) is 11.3 Å². The van der Waals surface area contributed by atoms with Gasteiger partial charge in [-0.15, -0.1) is 0 Å². The van der Waals surface area contributed by atoms with Crippen LogP contribution in [0.3, 0.4) is 0 Å². The highest BCUT2D eigenvalue weighted by Crippen LogP contribution is 2.18. The van der Waals surface area contributed by atoms with Crippen LogP contribution >= 0.6 is 0 Å². The van der Waals surface area contributed by atoms with Gasteiger partial charge in [0.1, 0.15) is 5.54 Å². The monoisotopic (exact) mass is 240 g/mol. The second-order valence-electron chi connectivity index (χ2n) is 5.54. The Morgan fingerprint density at radius 2 is 1.88 bits per heavy atom. The second kappa shape index (κ2) is 7.68. The van der Waals surface area contributed by atoms with Crippen molar-refractivity contribution in [3.63, 3.8) is 0 Å². The summed E-state index contributed by atoms with van der Waals surface area (Å²) >= 11 is 0. The molecule has 0 aliphatic carbocycles. The zero-order valence-corrected chi connectivity index (χ0v) is 12.1. The molecule has 1 N–H and O–H groups in total. The third kappa shape index (κ3) is 7.36. The van der Waals surface area contributed by atoms with Gasteiger partial charge in [0.25, 0.3) is 0 Å². The van der Waals surface area contributed by atoms with Crippen molar-refractivity contribution in [2.24, 2.45) is 0 Å². The van der Waals surface area contributed by atoms with Gasteiger partial charge < -0.3 is 4.74 Å². The zero-order chi connectivity index (χ0) is 13.4. The van der Waals surface area contributed by atoms with Gasteiger partial charge in [-0.1, -0.05) is 13.8 Å². The average Bonchev–Trinajstić information content (AvgIpc) is 2.28. The molecule has 1 unspecified atom stereocenters. The highest BCUT2D eigenvalue weighted by Gasteiger charge is 2.26. The summed E-state index contributed by atoms with van der Waals surface area (Å²) in [5, 5.41) is 12.7. The summed E-state index contributed by atoms with van der Waals surface area (Å²) in [6.07, 6.45) is 3.69. The van der Waals surface area contributed by atoms with Gasteiger partial charge in [-0.2, -0.15) is 5.26 Å². The van der Waals surface area contributed by atoms with Crippen molar-refractivity contribution < 1.29 is 4.74 Å². The summed E-state index contributed by atoms with van der Waals surface area (Å²) in [5.74, 6) is 0. The zero-order valence-electron chi connectivity index (χ0n) is 12.1. The van der Waals surface area contributed by atoms with Gasteiger partial charge in [-0.25, -0.2) is 0 Å². The van der Waals surface area contributed by atoms with Crippen LogP contribution in [0.25, 0.3) is 0 Å². The molecule has 3 nitrogen and oxygen atoms in total. The highest BCUT2D eigenvalue weighted by atomic mass is 16.5. The number of rotatable bonds is 8. The van der Waals surface area contributed by atoms with E-state index in [-0.39, 0.29) is 11.1 Å². The Morgan fingerprint density at radius 3 is 2.29 bits per heavy atom. The van der Waals surface area contributed by atoms with Crippen LogP contribution in [0.5, 0.6) is 0 Å². The first kappa shape index (κ1) is 16.4. The predicted molar refractivity (Wildman–Crippen MR) is 71.9 cm³/mol. The minimum absolute atomic E-state index is 0.0850. The van der Waals surface area contributed by atoms with Crippen LogP contribution in [0.15, 0.2) is 0 Å². The summed E-state index contributed by atoms with van der Waals surface area (Å²) in [4.78, 5) is 0. The van der Waals surface area contributed by atoms with Gasteiger partial charge in [0.05, 0.1) is 11.7 Å². The molecule has 0 radical (unpaired) electrons. The molecule has 0 heterocycles. The molecule has 0 fully saturated rings. The third-order valence-corrected chi connectivity index (χ3v) is 2.81. The Hall–Kier alpha value is -0.590. The van der Waals surface area contributed by atoms with E-state index < -0.39 is 0 Å². The number of hydrogen-bond acceptors (Lipinski definition) is 3. The van der Waals surface area contributed by atoms with Gasteiger partial charge in [0, 0.05) is 6.61 Å². The molecule has 100 valence electrons. The summed E-state index contributed by atoms with van der Waals surface area (Å²) < 4.78 is 5.68. The molecule has 0 saturated heterocycles. The fourth-order valence-corrected chi connectivity index (χ4v) is 1.68. The highest BCUT2D eigenvalue weighted by molar-refractivity contribution is 5.06. The molecule has 3 heteroatoms. The van der Waals surface area contributed by atoms with E-state index in [4.69, 9.17) is 4.74 Å². The second-order valence-corrected chi connectivity index (χ2v) is 5.54. The van der Waals surface area contributed by atoms with E-state index in [2.05, 4.69) is 46.0 Å². The third-order valence-electron chi connectivity index (χ3n) is 2.81. The molecule has 0 rings (SSSR count). The molecule has 0 spiro atoms. The molecular weight excluding hydrogens is 212 g/mol. The maximum absolute atomic E-state index is 9.31. The standard InChI is InChI=1S/C14H28N2O/c1-6-10-16-14(7-2,12-15)9-8-11-17-13(3,4)5/h16H,6-11H2,1-5H3. The molecule has 0 bridgehead atoms. The van der Waals surface area contributed by atoms with Crippen molar-refractivity contribution in [3.8, 4) is 6.07 Å². The lowest BCUT2D eigenvalue weighted by atomic mass is 9.92. The minimum Gasteiger partial charge on any atom is -0.376 e. The Morgan fingerprint density at radius 1 is 1.24 bits per heavy atom. The lowest BCUT2D eigenvalue weighted by molar-refractivity contribution is -0.00628. The van der Waals surface area contributed by atoms with Crippen LogP contribution in [-0.2, 0) is 4.74 Å². The first-order chi connectivity index (χ1) is 7.89. The number of nitrogens with zero attached hydrogens (tertiary/aromatic N) is 1. The molecule has 0 aliphatic heterocycles. The van der Waals surface area contributed by atoms with E-state index in [0.29, 0.717) is 0 Å². The topological polar surface area (TPSA) is 45.0 Å². The average molecular weight is 240 g/mol. The van der Waals surface area contributed by atoms with Crippen molar-refractivity contribution in [1.29, 1.82) is 5.26 Å². The van der Waals surface area contributed by atoms with E-state index in [9.17, 15) is 5.26 Å². The summed E-state index contributed by atoms with van der Waals surface area (Å²) in [7, 11) is 0. The van der Waals surface area contributed by atoms with Crippen molar-refractivity contribution >= 4 is 0 Å². The molecular formula is C14H28N2O. The van der Waals surface area contributed by atoms with Crippen LogP contribution in [0.2, 0.25) is 0 Å². The number of nitrogens with one attached hydrogen (secondary N) is 1. The molecule has 0 aromatic heterocycles. The van der Waals surface area contributed by atoms with E-state index in [1.54, 1.807) is 0 Å². The fourth-order valence-electron chi connectivity index (χ4n) is 1.68. The smallest absolute Gasteiger partial charge is 0.106 e. The molecule has 0 aromatic rings. The van der Waals surface area contributed by atoms with Gasteiger partial charge in [0.2, 0.25) is 0 Å². The van der Waals surface area contributed by atoms with E-state index in [1.165, 1.54) is 0 Å². The largest absolute Gasteiger partial charge is 0.376 e. The van der Waals surface area contributed by atoms with Crippen molar-refractivity contribution in [2.75, 3.05) is 13.2 Å². The summed E-state index contributed by atoms with van der Waals surface area (Å²) in [6, 6.07) is 2.43. The van der Waals surface area contributed by atoms with E-state index in [0.717, 1.165) is 38.8 Å². The predicted octanol–water partition coefficient (Wildman–Crippen LogP) is 3.25. The Kier molecular flexibility index (Phi) is 7.41. The first-order valence-electron chi connectivity index (χ1n) is 6.69. The molecule has 17 heavy (non-hydrogen) atoms. The Bertz CT molecular complexity index is 240. The Labute approximate surface area is 107 Å². The van der Waals surface area contributed by atoms with Crippen LogP contribution in [0.4, 0.5) is 0 Å². The fraction of sp³-hybridized carbons (Fsp3) is 0.929. The van der Waals surface area contributed by atoms with Crippen molar-refractivity contribution in [2.45, 2.75) is 71.4 Å². The molecule has 0 aromatic carbocycles. The molecule has 0 amide bonds. The normalized spacial score (nSPS) is 15.3. The van der Waals surface area contributed by atoms with E-state index in [1.807, 2.05) is 0 Å². The van der Waals surface area contributed by atoms with Crippen LogP contribution in [-0.4, -0.2) is 24.3 Å². The summed E-state index contributed by atoms with van der Waals surface area (Å²) in [5.41, 5.74) is -0.449. The maximum Gasteiger partial charge on any atom is 0.106 e. The van der Waals surface area contributed by atoms with E-state index >= 15 is 0 Å². The van der Waals surface area contributed by atoms with Crippen LogP contribution in [0.1, 0.15) is 60.3 Å². The lowest BCUT2D eigenvalue weighted by Gasteiger charge is -2.27. The van der Waals surface area contributed by atoms with Crippen molar-refractivity contribution in [3.05, 3.63) is 0 Å². The molecule has 0 aliphatic rings. The quantitative estimate of drug-likeness (QED) is 0.662. The van der Waals surface area contributed by atoms with Gasteiger partial charge in [-0.05, 0) is 53.0 Å². The Balaban J connectivity index is 4.05. The van der Waals surface area contributed by atoms with Gasteiger partial charge >= 0.3 is 0 Å². The first-order valence-corrected chi connectivity index (χ1v) is 6.69. The lowest BCUT2D eigenvalue weighted by Crippen LogP contribution is -2.44. The number of hydrogen-bond donors (Lipinski definition) is 1. The van der Waals surface area contributed by atoms with Gasteiger partial charge in [0.15, 0.2) is 0 Å². The van der Waals surface area contributed by atoms with Gasteiger partial charge in [-0.3, -0.25) is 5.32 Å². The SMILES string of the molecule is CCCNC(C#N)(CC)CCCOC(C)(C)C. The molecule has 1 atom stereocenters.